The van der Waals surface area contributed by atoms with Crippen LogP contribution in [0.15, 0.2) is 121 Å². The maximum atomic E-state index is 12.2. The second-order valence-electron chi connectivity index (χ2n) is 42.6. The van der Waals surface area contributed by atoms with Crippen molar-refractivity contribution >= 4 is 136 Å². The highest BCUT2D eigenvalue weighted by Gasteiger charge is 2.29. The number of ketones is 4. The van der Waals surface area contributed by atoms with E-state index in [0.717, 1.165) is 116 Å². The minimum atomic E-state index is -3.78. The number of carbonyl (C=O) groups excluding carboxylic acids is 7. The standard InChI is InChI=1S/C13H19ClN4O3S.C13H19ClN2O3S.C12H25ClN4O.C12H25ClN2O.C12H18N2O3S.C11H24N4O.C11H24N2O.3C6H14/c14-9-12(19)11(7-4-8-17-13(15)16)18-22(20,21)10-5-2-1-3-6-10;14-10-13(17)12(8-4-5-9-15)16-20(18,19)11-6-2-1-3-7-11;1-12(2,3)8-17-9(10(18)7-13)5-4-6-16-11(14)15;1-12(2,3)9-15-10(11(16)8-13)6-4-5-7-14;13-9-5-4-6-11(10-15)14-18(16,17)12-7-2-1-3-8-12;1-11(2,3)8-15-9(7-16)5-4-6-14-10(12)13;1-11(2,3)9-13-10(8-14)6-4-5-7-12;3*1-5-6(2,3)4/h1-3,5-6,11,18H,4,7-9H2,(H4,15,16,17);1-3,6-7,12,16H,4-5,8-10,15H2;9,17H,4-8H2,1-3H3,(H4,14,15,16);10,15H,4-9,14H2,1-3H3;1-3,7-8,10-11,14H,4-6,9,13H2;7,9,15H,4-6,8H2,1-3H3,(H4,12,13,14);8,10,13H,4-7,9,12H2,1-3H3;3*5H2,1-4H3/t11-;12-;9-;10-;11-;9-;10-;;;/m0000000.../s1. The smallest absolute Gasteiger partial charge is 0.241 e. The molecule has 3 rings (SSSR count). The van der Waals surface area contributed by atoms with Gasteiger partial charge in [0.1, 0.15) is 18.9 Å². The second-order valence-corrected chi connectivity index (χ2v) is 48.8. The quantitative estimate of drug-likeness (QED) is 0.00820. The summed E-state index contributed by atoms with van der Waals surface area (Å²) in [7, 11) is -11.1. The third kappa shape index (κ3) is 98.4. The van der Waals surface area contributed by atoms with E-state index in [4.69, 9.17) is 104 Å². The van der Waals surface area contributed by atoms with Crippen LogP contribution in [0, 0.1) is 37.9 Å². The van der Waals surface area contributed by atoms with Crippen LogP contribution in [-0.2, 0) is 63.6 Å². The van der Waals surface area contributed by atoms with Gasteiger partial charge in [0.2, 0.25) is 30.1 Å². The molecule has 33 nitrogen and oxygen atoms in total. The number of nitrogens with zero attached hydrogens (tertiary/aromatic N) is 3. The van der Waals surface area contributed by atoms with Crippen LogP contribution >= 0.6 is 46.4 Å². The Labute approximate surface area is 879 Å². The maximum absolute atomic E-state index is 12.2. The number of carbonyl (C=O) groups is 7. The highest BCUT2D eigenvalue weighted by molar-refractivity contribution is 7.90. The van der Waals surface area contributed by atoms with Gasteiger partial charge in [0, 0.05) is 45.8 Å². The SMILES string of the molecule is CC(C)(C)CN[C@@H](CCCCN)C(=O)CCl.CC(C)(C)CN[C@@H](CCCN=C(N)N)C(=O)CCl.CC(C)(C)CN[C@H](C=O)CCCCN.CC(C)(C)CN[C@H](C=O)CCCN=C(N)N.CCC(C)(C)C.CCC(C)(C)C.CCC(C)(C)C.NC(N)=NCCC[C@H](NS(=O)(=O)c1ccccc1)C(=O)CCl.NCCCC[C@@H](C=O)NS(=O)(=O)c1ccccc1.NCCCC[C@H](NS(=O)(=O)c1ccccc1)C(=O)CCl. The number of guanidine groups is 3. The molecule has 0 amide bonds. The average Bonchev–Trinajstić information content (AvgIpc) is 0.724. The largest absolute Gasteiger partial charge is 0.370 e. The molecule has 27 N–H and O–H groups in total. The van der Waals surface area contributed by atoms with Crippen molar-refractivity contribution in [2.24, 2.45) is 110 Å². The minimum absolute atomic E-state index is 0.000718. The zero-order valence-electron chi connectivity index (χ0n) is 91.0. The number of nitrogens with one attached hydrogen (secondary N) is 7. The summed E-state index contributed by atoms with van der Waals surface area (Å²) >= 11 is 22.3. The number of sulfonamides is 3. The molecule has 828 valence electrons. The molecule has 0 saturated heterocycles. The van der Waals surface area contributed by atoms with Crippen molar-refractivity contribution in [3.8, 4) is 0 Å². The van der Waals surface area contributed by atoms with Crippen LogP contribution in [0.2, 0.25) is 0 Å². The molecule has 0 spiro atoms. The number of Topliss-reactive ketones (excluding diaryl/α,β-unsaturated/α-hetero) is 4. The molecule has 0 aliphatic rings. The Morgan fingerprint density at radius 3 is 0.718 bits per heavy atom. The molecule has 0 aliphatic heterocycles. The zero-order chi connectivity index (χ0) is 111. The first-order valence-corrected chi connectivity index (χ1v) is 56.1. The van der Waals surface area contributed by atoms with Gasteiger partial charge in [0.05, 0.1) is 80.5 Å². The first-order chi connectivity index (χ1) is 65.7. The van der Waals surface area contributed by atoms with Crippen molar-refractivity contribution in [1.29, 1.82) is 0 Å². The molecule has 3 aromatic carbocycles. The minimum Gasteiger partial charge on any atom is -0.370 e. The fourth-order valence-electron chi connectivity index (χ4n) is 10.1. The van der Waals surface area contributed by atoms with Gasteiger partial charge in [-0.1, -0.05) is 266 Å². The van der Waals surface area contributed by atoms with E-state index < -0.39 is 54.0 Å². The van der Waals surface area contributed by atoms with Gasteiger partial charge >= 0.3 is 0 Å². The molecule has 0 fully saturated rings. The summed E-state index contributed by atoms with van der Waals surface area (Å²) in [6.07, 6.45) is 19.6. The highest BCUT2D eigenvalue weighted by atomic mass is 35.5. The van der Waals surface area contributed by atoms with E-state index in [9.17, 15) is 58.8 Å². The monoisotopic (exact) mass is 2150 g/mol. The first-order valence-electron chi connectivity index (χ1n) is 49.5. The molecule has 3 aromatic rings. The summed E-state index contributed by atoms with van der Waals surface area (Å²) < 4.78 is 79.8. The fourth-order valence-corrected chi connectivity index (χ4v) is 14.6. The topological polar surface area (TPSA) is 603 Å². The van der Waals surface area contributed by atoms with Crippen LogP contribution in [0.25, 0.3) is 0 Å². The number of benzene rings is 3. The number of unbranched alkanes of at least 4 members (excludes halogenated alkanes) is 4. The average molecular weight is 2150 g/mol. The molecule has 142 heavy (non-hydrogen) atoms. The Kier molecular flexibility index (Phi) is 88.6. The van der Waals surface area contributed by atoms with E-state index in [0.29, 0.717) is 100 Å². The molecule has 0 saturated carbocycles. The Morgan fingerprint density at radius 2 is 0.493 bits per heavy atom. The summed E-state index contributed by atoms with van der Waals surface area (Å²) in [5, 5.41) is 13.0. The number of hydrogen-bond acceptors (Lipinski definition) is 24. The van der Waals surface area contributed by atoms with Gasteiger partial charge in [-0.15, -0.1) is 46.4 Å². The molecule has 0 aliphatic carbocycles. The fraction of sp³-hybridized carbons (Fsp3) is 0.725. The molecule has 0 aromatic heterocycles. The third-order valence-electron chi connectivity index (χ3n) is 20.1. The molecule has 7 atom stereocenters. The summed E-state index contributed by atoms with van der Waals surface area (Å²) in [6.45, 7) is 59.6. The Morgan fingerprint density at radius 1 is 0.296 bits per heavy atom. The number of rotatable bonds is 56. The van der Waals surface area contributed by atoms with Crippen molar-refractivity contribution < 1.29 is 58.8 Å². The molecule has 0 unspecified atom stereocenters. The molecular weight excluding hydrogens is 1950 g/mol. The van der Waals surface area contributed by atoms with Crippen molar-refractivity contribution in [3.63, 3.8) is 0 Å². The number of aliphatic imine (C=N–C) groups is 3. The van der Waals surface area contributed by atoms with E-state index in [1.54, 1.807) is 54.6 Å². The van der Waals surface area contributed by atoms with Crippen molar-refractivity contribution in [2.45, 2.75) is 358 Å². The molecule has 0 bridgehead atoms. The normalized spacial score (nSPS) is 13.1. The van der Waals surface area contributed by atoms with Gasteiger partial charge in [-0.25, -0.2) is 39.4 Å². The van der Waals surface area contributed by atoms with Crippen LogP contribution in [0.1, 0.15) is 301 Å². The summed E-state index contributed by atoms with van der Waals surface area (Å²) in [6, 6.07) is 20.9. The van der Waals surface area contributed by atoms with Crippen LogP contribution in [0.4, 0.5) is 0 Å². The van der Waals surface area contributed by atoms with Crippen molar-refractivity contribution in [1.82, 2.24) is 35.4 Å². The van der Waals surface area contributed by atoms with Crippen LogP contribution in [-0.4, -0.2) is 223 Å². The lowest BCUT2D eigenvalue weighted by atomic mass is 9.94. The van der Waals surface area contributed by atoms with E-state index in [1.807, 2.05) is 0 Å². The predicted molar refractivity (Wildman–Crippen MR) is 598 cm³/mol. The van der Waals surface area contributed by atoms with Gasteiger partial charge in [0.15, 0.2) is 41.0 Å². The number of aldehydes is 3. The summed E-state index contributed by atoms with van der Waals surface area (Å²) in [5.74, 6) is -0.862. The zero-order valence-corrected chi connectivity index (χ0v) is 96.5. The molecule has 0 radical (unpaired) electrons. The lowest BCUT2D eigenvalue weighted by molar-refractivity contribution is -0.119. The van der Waals surface area contributed by atoms with Gasteiger partial charge in [-0.05, 0) is 190 Å². The highest BCUT2D eigenvalue weighted by Crippen LogP contribution is 2.22. The van der Waals surface area contributed by atoms with E-state index in [1.165, 1.54) is 55.7 Å². The summed E-state index contributed by atoms with van der Waals surface area (Å²) in [5.41, 5.74) is 55.2. The Balaban J connectivity index is -0.000000291. The van der Waals surface area contributed by atoms with Crippen LogP contribution < -0.4 is 92.8 Å². The van der Waals surface area contributed by atoms with E-state index in [2.05, 4.69) is 217 Å². The predicted octanol–water partition coefficient (Wildman–Crippen LogP) is 13.8. The van der Waals surface area contributed by atoms with Crippen LogP contribution in [0.3, 0.4) is 0 Å². The van der Waals surface area contributed by atoms with E-state index in [-0.39, 0.29) is 126 Å². The molecule has 0 heterocycles. The van der Waals surface area contributed by atoms with Gasteiger partial charge < -0.3 is 93.0 Å². The lowest BCUT2D eigenvalue weighted by Gasteiger charge is -2.23. The molecular formula is C102H196Cl4N20O13S3. The Hall–Kier alpha value is -6.27. The van der Waals surface area contributed by atoms with Crippen molar-refractivity contribution in [3.05, 3.63) is 91.0 Å². The lowest BCUT2D eigenvalue weighted by Crippen LogP contribution is -2.41. The number of halogens is 4. The van der Waals surface area contributed by atoms with Crippen LogP contribution in [0.5, 0.6) is 0 Å². The third-order valence-corrected chi connectivity index (χ3v) is 25.6. The molecule has 40 heteroatoms. The summed E-state index contributed by atoms with van der Waals surface area (Å²) in [4.78, 5) is 91.1. The van der Waals surface area contributed by atoms with Gasteiger partial charge in [-0.3, -0.25) is 34.2 Å². The van der Waals surface area contributed by atoms with E-state index >= 15 is 0 Å². The number of alkyl halides is 4. The van der Waals surface area contributed by atoms with Gasteiger partial charge in [0.25, 0.3) is 0 Å². The van der Waals surface area contributed by atoms with Crippen molar-refractivity contribution in [2.75, 3.05) is 95.5 Å². The van der Waals surface area contributed by atoms with Gasteiger partial charge in [-0.2, -0.15) is 0 Å². The second kappa shape index (κ2) is 84.6. The number of nitrogens with two attached hydrogens (primary N) is 10. The maximum Gasteiger partial charge on any atom is 0.241 e. The first kappa shape index (κ1) is 149. The Bertz CT molecular complexity index is 4120. The number of hydrogen-bond donors (Lipinski definition) is 17.